The zero-order chi connectivity index (χ0) is 11.8. The maximum Gasteiger partial charge on any atom is 0.228 e. The highest BCUT2D eigenvalue weighted by molar-refractivity contribution is 5.82. The summed E-state index contributed by atoms with van der Waals surface area (Å²) in [6.07, 6.45) is 4.44. The fraction of sp³-hybridized carbons (Fsp3) is 0.923. The molecule has 0 radical (unpaired) electrons. The van der Waals surface area contributed by atoms with Gasteiger partial charge in [0.15, 0.2) is 0 Å². The van der Waals surface area contributed by atoms with Crippen molar-refractivity contribution in [1.29, 1.82) is 0 Å². The highest BCUT2D eigenvalue weighted by atomic mass is 16.2. The number of hydrogen-bond donors (Lipinski definition) is 1. The van der Waals surface area contributed by atoms with E-state index in [2.05, 4.69) is 31.0 Å². The number of carbonyl (C=O) groups is 1. The van der Waals surface area contributed by atoms with Crippen LogP contribution in [0.4, 0.5) is 0 Å². The van der Waals surface area contributed by atoms with Crippen LogP contribution in [-0.2, 0) is 4.79 Å². The van der Waals surface area contributed by atoms with Crippen molar-refractivity contribution in [3.63, 3.8) is 0 Å². The summed E-state index contributed by atoms with van der Waals surface area (Å²) in [6, 6.07) is 0.948. The van der Waals surface area contributed by atoms with E-state index in [0.29, 0.717) is 18.0 Å². The van der Waals surface area contributed by atoms with Gasteiger partial charge in [-0.05, 0) is 32.2 Å². The molecule has 0 aliphatic carbocycles. The number of fused-ring (bicyclic) bond motifs is 2. The number of carbonyl (C=O) groups excluding carboxylic acids is 1. The molecule has 2 atom stereocenters. The summed E-state index contributed by atoms with van der Waals surface area (Å²) in [5.41, 5.74) is -0.189. The summed E-state index contributed by atoms with van der Waals surface area (Å²) < 4.78 is 0. The zero-order valence-corrected chi connectivity index (χ0v) is 10.8. The fourth-order valence-electron chi connectivity index (χ4n) is 2.81. The first kappa shape index (κ1) is 11.9. The molecule has 2 heterocycles. The lowest BCUT2D eigenvalue weighted by molar-refractivity contribution is -0.143. The summed E-state index contributed by atoms with van der Waals surface area (Å²) in [6.45, 7) is 8.32. The predicted molar refractivity (Wildman–Crippen MR) is 65.2 cm³/mol. The van der Waals surface area contributed by atoms with E-state index < -0.39 is 0 Å². The number of amides is 1. The van der Waals surface area contributed by atoms with Crippen LogP contribution in [0.5, 0.6) is 0 Å². The molecular formula is C13H24N2O. The van der Waals surface area contributed by atoms with E-state index >= 15 is 0 Å². The molecule has 0 saturated carbocycles. The summed E-state index contributed by atoms with van der Waals surface area (Å²) in [4.78, 5) is 14.8. The third kappa shape index (κ3) is 1.97. The van der Waals surface area contributed by atoms with E-state index in [1.54, 1.807) is 0 Å². The van der Waals surface area contributed by atoms with Gasteiger partial charge >= 0.3 is 0 Å². The molecule has 16 heavy (non-hydrogen) atoms. The molecule has 1 amide bonds. The van der Waals surface area contributed by atoms with Gasteiger partial charge in [-0.25, -0.2) is 0 Å². The second-order valence-corrected chi connectivity index (χ2v) is 5.83. The normalized spacial score (nSPS) is 30.3. The molecule has 0 aromatic heterocycles. The average molecular weight is 224 g/mol. The Balaban J connectivity index is 2.16. The van der Waals surface area contributed by atoms with Gasteiger partial charge in [0.05, 0.1) is 0 Å². The van der Waals surface area contributed by atoms with Crippen LogP contribution in [0.3, 0.4) is 0 Å². The van der Waals surface area contributed by atoms with Crippen molar-refractivity contribution in [3.8, 4) is 0 Å². The molecule has 2 bridgehead atoms. The molecule has 0 aromatic carbocycles. The largest absolute Gasteiger partial charge is 0.335 e. The molecule has 1 N–H and O–H groups in total. The molecule has 2 fully saturated rings. The van der Waals surface area contributed by atoms with Crippen LogP contribution in [0, 0.1) is 5.41 Å². The minimum absolute atomic E-state index is 0.189. The van der Waals surface area contributed by atoms with Crippen LogP contribution in [0.1, 0.15) is 46.5 Å². The summed E-state index contributed by atoms with van der Waals surface area (Å²) in [5, 5.41) is 3.44. The van der Waals surface area contributed by atoms with Crippen molar-refractivity contribution >= 4 is 5.91 Å². The maximum absolute atomic E-state index is 12.6. The second kappa shape index (κ2) is 4.36. The second-order valence-electron chi connectivity index (χ2n) is 5.83. The summed E-state index contributed by atoms with van der Waals surface area (Å²) in [5.74, 6) is 0.367. The lowest BCUT2D eigenvalue weighted by Crippen LogP contribution is -2.48. The molecule has 0 spiro atoms. The maximum atomic E-state index is 12.6. The van der Waals surface area contributed by atoms with Gasteiger partial charge in [-0.15, -0.1) is 0 Å². The molecular weight excluding hydrogens is 200 g/mol. The van der Waals surface area contributed by atoms with Crippen molar-refractivity contribution in [2.45, 2.75) is 58.5 Å². The molecule has 2 saturated heterocycles. The first-order valence-corrected chi connectivity index (χ1v) is 6.59. The van der Waals surface area contributed by atoms with E-state index in [9.17, 15) is 4.79 Å². The standard InChI is InChI=1S/C13H24N2O/c1-4-13(2,3)12(16)15-10-5-6-11(15)9-14-8-7-10/h10-11,14H,4-9H2,1-3H3. The Morgan fingerprint density at radius 3 is 2.69 bits per heavy atom. The first-order chi connectivity index (χ1) is 7.56. The van der Waals surface area contributed by atoms with Gasteiger partial charge in [-0.2, -0.15) is 0 Å². The molecule has 3 heteroatoms. The molecule has 2 unspecified atom stereocenters. The minimum atomic E-state index is -0.189. The van der Waals surface area contributed by atoms with Gasteiger partial charge in [0.2, 0.25) is 5.91 Å². The van der Waals surface area contributed by atoms with E-state index in [0.717, 1.165) is 25.9 Å². The third-order valence-electron chi connectivity index (χ3n) is 4.35. The van der Waals surface area contributed by atoms with Crippen LogP contribution in [0.25, 0.3) is 0 Å². The van der Waals surface area contributed by atoms with Gasteiger partial charge in [0.25, 0.3) is 0 Å². The van der Waals surface area contributed by atoms with Gasteiger partial charge < -0.3 is 10.2 Å². The van der Waals surface area contributed by atoms with Crippen molar-refractivity contribution in [2.24, 2.45) is 5.41 Å². The molecule has 0 aromatic rings. The SMILES string of the molecule is CCC(C)(C)C(=O)N1C2CCNCC1CC2. The Morgan fingerprint density at radius 1 is 1.31 bits per heavy atom. The van der Waals surface area contributed by atoms with Gasteiger partial charge in [-0.3, -0.25) is 4.79 Å². The first-order valence-electron chi connectivity index (χ1n) is 6.59. The topological polar surface area (TPSA) is 32.3 Å². The van der Waals surface area contributed by atoms with Gasteiger partial charge in [0.1, 0.15) is 0 Å². The number of nitrogens with zero attached hydrogens (tertiary/aromatic N) is 1. The molecule has 2 aliphatic rings. The van der Waals surface area contributed by atoms with Crippen LogP contribution in [0.15, 0.2) is 0 Å². The van der Waals surface area contributed by atoms with Crippen molar-refractivity contribution in [3.05, 3.63) is 0 Å². The quantitative estimate of drug-likeness (QED) is 0.775. The monoisotopic (exact) mass is 224 g/mol. The van der Waals surface area contributed by atoms with Crippen LogP contribution < -0.4 is 5.32 Å². The molecule has 3 nitrogen and oxygen atoms in total. The third-order valence-corrected chi connectivity index (χ3v) is 4.35. The predicted octanol–water partition coefficient (Wildman–Crippen LogP) is 1.78. The minimum Gasteiger partial charge on any atom is -0.335 e. The van der Waals surface area contributed by atoms with E-state index in [-0.39, 0.29) is 5.41 Å². The Hall–Kier alpha value is -0.570. The van der Waals surface area contributed by atoms with Crippen molar-refractivity contribution in [1.82, 2.24) is 10.2 Å². The number of nitrogens with one attached hydrogen (secondary N) is 1. The lowest BCUT2D eigenvalue weighted by atomic mass is 9.88. The van der Waals surface area contributed by atoms with Gasteiger partial charge in [0, 0.05) is 24.0 Å². The molecule has 92 valence electrons. The Kier molecular flexibility index (Phi) is 3.24. The van der Waals surface area contributed by atoms with Crippen LogP contribution >= 0.6 is 0 Å². The summed E-state index contributed by atoms with van der Waals surface area (Å²) in [7, 11) is 0. The zero-order valence-electron chi connectivity index (χ0n) is 10.8. The van der Waals surface area contributed by atoms with Crippen molar-refractivity contribution in [2.75, 3.05) is 13.1 Å². The Labute approximate surface area is 98.6 Å². The Bertz CT molecular complexity index is 261. The van der Waals surface area contributed by atoms with Gasteiger partial charge in [-0.1, -0.05) is 20.8 Å². The Morgan fingerprint density at radius 2 is 2.00 bits per heavy atom. The highest BCUT2D eigenvalue weighted by Gasteiger charge is 2.42. The summed E-state index contributed by atoms with van der Waals surface area (Å²) >= 11 is 0. The smallest absolute Gasteiger partial charge is 0.228 e. The highest BCUT2D eigenvalue weighted by Crippen LogP contribution is 2.33. The average Bonchev–Trinajstić information content (AvgIpc) is 2.51. The lowest BCUT2D eigenvalue weighted by Gasteiger charge is -2.35. The van der Waals surface area contributed by atoms with Crippen LogP contribution in [0.2, 0.25) is 0 Å². The van der Waals surface area contributed by atoms with Crippen molar-refractivity contribution < 1.29 is 4.79 Å². The van der Waals surface area contributed by atoms with E-state index in [4.69, 9.17) is 0 Å². The number of rotatable bonds is 2. The fourth-order valence-corrected chi connectivity index (χ4v) is 2.81. The molecule has 2 rings (SSSR count). The van der Waals surface area contributed by atoms with E-state index in [1.165, 1.54) is 12.8 Å². The van der Waals surface area contributed by atoms with Crippen LogP contribution in [-0.4, -0.2) is 36.0 Å². The molecule has 2 aliphatic heterocycles. The van der Waals surface area contributed by atoms with E-state index in [1.807, 2.05) is 0 Å². The number of hydrogen-bond acceptors (Lipinski definition) is 2.